The number of ether oxygens (including phenoxy) is 1. The molecule has 1 heterocycles. The lowest BCUT2D eigenvalue weighted by Gasteiger charge is -2.24. The molecule has 0 radical (unpaired) electrons. The van der Waals surface area contributed by atoms with Gasteiger partial charge >= 0.3 is 11.8 Å². The van der Waals surface area contributed by atoms with Gasteiger partial charge in [0.05, 0.1) is 12.0 Å². The highest BCUT2D eigenvalue weighted by Crippen LogP contribution is 2.26. The summed E-state index contributed by atoms with van der Waals surface area (Å²) in [5, 5.41) is 5.13. The first-order valence-corrected chi connectivity index (χ1v) is 10.9. The van der Waals surface area contributed by atoms with E-state index in [1.54, 1.807) is 12.1 Å². The van der Waals surface area contributed by atoms with E-state index in [1.165, 1.54) is 23.5 Å². The monoisotopic (exact) mass is 411 g/mol. The Hall–Kier alpha value is -2.13. The van der Waals surface area contributed by atoms with Gasteiger partial charge in [-0.25, -0.2) is 8.42 Å². The van der Waals surface area contributed by atoms with Crippen molar-refractivity contribution in [3.05, 3.63) is 24.3 Å². The van der Waals surface area contributed by atoms with Crippen LogP contribution in [-0.2, 0) is 19.6 Å². The molecule has 1 saturated heterocycles. The highest BCUT2D eigenvalue weighted by atomic mass is 32.2. The Morgan fingerprint density at radius 1 is 1.18 bits per heavy atom. The third-order valence-corrected chi connectivity index (χ3v) is 6.67. The maximum absolute atomic E-state index is 12.9. The van der Waals surface area contributed by atoms with E-state index in [0.717, 1.165) is 6.42 Å². The Morgan fingerprint density at radius 3 is 2.43 bits per heavy atom. The van der Waals surface area contributed by atoms with Crippen LogP contribution in [0.5, 0.6) is 5.75 Å². The highest BCUT2D eigenvalue weighted by molar-refractivity contribution is 7.89. The quantitative estimate of drug-likeness (QED) is 0.624. The normalized spacial score (nSPS) is 17.5. The Morgan fingerprint density at radius 2 is 1.82 bits per heavy atom. The maximum atomic E-state index is 12.9. The Labute approximate surface area is 166 Å². The minimum absolute atomic E-state index is 0.103. The van der Waals surface area contributed by atoms with Crippen LogP contribution >= 0.6 is 0 Å². The van der Waals surface area contributed by atoms with Crippen molar-refractivity contribution < 1.29 is 22.7 Å². The molecule has 0 spiro atoms. The predicted octanol–water partition coefficient (Wildman–Crippen LogP) is 1.13. The number of carbonyl (C=O) groups excluding carboxylic acids is 2. The van der Waals surface area contributed by atoms with Crippen molar-refractivity contribution in [1.82, 2.24) is 14.9 Å². The number of methoxy groups -OCH3 is 1. The van der Waals surface area contributed by atoms with E-state index in [-0.39, 0.29) is 17.5 Å². The summed E-state index contributed by atoms with van der Waals surface area (Å²) >= 11 is 0. The van der Waals surface area contributed by atoms with Crippen LogP contribution in [0.15, 0.2) is 29.2 Å². The molecule has 1 aliphatic heterocycles. The predicted molar refractivity (Wildman–Crippen MR) is 105 cm³/mol. The maximum Gasteiger partial charge on any atom is 0.309 e. The van der Waals surface area contributed by atoms with Gasteiger partial charge in [0.1, 0.15) is 5.75 Å². The molecule has 0 saturated carbocycles. The number of amides is 2. The van der Waals surface area contributed by atoms with E-state index < -0.39 is 21.8 Å². The van der Waals surface area contributed by atoms with Gasteiger partial charge in [-0.15, -0.1) is 0 Å². The average Bonchev–Trinajstić information content (AvgIpc) is 3.15. The number of hydrogen-bond donors (Lipinski definition) is 2. The van der Waals surface area contributed by atoms with Crippen molar-refractivity contribution in [2.24, 2.45) is 5.92 Å². The molecule has 8 nitrogen and oxygen atoms in total. The van der Waals surface area contributed by atoms with Gasteiger partial charge in [-0.05, 0) is 49.4 Å². The molecule has 0 aromatic heterocycles. The van der Waals surface area contributed by atoms with Gasteiger partial charge in [-0.2, -0.15) is 4.31 Å². The second kappa shape index (κ2) is 9.88. The highest BCUT2D eigenvalue weighted by Gasteiger charge is 2.35. The summed E-state index contributed by atoms with van der Waals surface area (Å²) in [5.74, 6) is -0.424. The molecule has 28 heavy (non-hydrogen) atoms. The molecule has 2 amide bonds. The Balaban J connectivity index is 1.94. The van der Waals surface area contributed by atoms with Gasteiger partial charge in [0.15, 0.2) is 0 Å². The number of sulfonamides is 1. The molecule has 2 N–H and O–H groups in total. The largest absolute Gasteiger partial charge is 0.497 e. The first-order valence-electron chi connectivity index (χ1n) is 9.47. The van der Waals surface area contributed by atoms with Crippen LogP contribution < -0.4 is 15.4 Å². The van der Waals surface area contributed by atoms with Gasteiger partial charge in [-0.1, -0.05) is 13.8 Å². The lowest BCUT2D eigenvalue weighted by molar-refractivity contribution is -0.139. The second-order valence-electron chi connectivity index (χ2n) is 7.24. The van der Waals surface area contributed by atoms with Crippen molar-refractivity contribution in [1.29, 1.82) is 0 Å². The van der Waals surface area contributed by atoms with Crippen LogP contribution in [-0.4, -0.2) is 57.3 Å². The Kier molecular flexibility index (Phi) is 7.82. The summed E-state index contributed by atoms with van der Waals surface area (Å²) in [6, 6.07) is 5.83. The van der Waals surface area contributed by atoms with Crippen molar-refractivity contribution in [3.8, 4) is 5.75 Å². The summed E-state index contributed by atoms with van der Waals surface area (Å²) < 4.78 is 32.3. The van der Waals surface area contributed by atoms with Gasteiger partial charge < -0.3 is 15.4 Å². The van der Waals surface area contributed by atoms with Crippen molar-refractivity contribution in [2.45, 2.75) is 44.0 Å². The van der Waals surface area contributed by atoms with Gasteiger partial charge in [-0.3, -0.25) is 9.59 Å². The summed E-state index contributed by atoms with van der Waals surface area (Å²) in [6.07, 6.45) is 2.12. The van der Waals surface area contributed by atoms with Crippen molar-refractivity contribution in [2.75, 3.05) is 26.7 Å². The zero-order valence-electron chi connectivity index (χ0n) is 16.6. The van der Waals surface area contributed by atoms with E-state index >= 15 is 0 Å². The SMILES string of the molecule is COc1ccc(S(=O)(=O)N2CCC[C@H]2CNC(=O)C(=O)NCCC(C)C)cc1. The molecule has 1 aromatic rings. The number of benzene rings is 1. The summed E-state index contributed by atoms with van der Waals surface area (Å²) in [4.78, 5) is 24.0. The molecule has 1 fully saturated rings. The molecular formula is C19H29N3O5S. The first-order chi connectivity index (χ1) is 13.3. The molecule has 1 aromatic carbocycles. The average molecular weight is 412 g/mol. The number of nitrogens with zero attached hydrogens (tertiary/aromatic N) is 1. The second-order valence-corrected chi connectivity index (χ2v) is 9.13. The number of carbonyl (C=O) groups is 2. The summed E-state index contributed by atoms with van der Waals surface area (Å²) in [6.45, 7) is 4.99. The minimum Gasteiger partial charge on any atom is -0.497 e. The third-order valence-electron chi connectivity index (χ3n) is 4.70. The topological polar surface area (TPSA) is 105 Å². The fraction of sp³-hybridized carbons (Fsp3) is 0.579. The van der Waals surface area contributed by atoms with Crippen LogP contribution in [0.3, 0.4) is 0 Å². The molecule has 0 bridgehead atoms. The molecular weight excluding hydrogens is 382 g/mol. The van der Waals surface area contributed by atoms with E-state index in [0.29, 0.717) is 37.6 Å². The lowest BCUT2D eigenvalue weighted by atomic mass is 10.1. The standard InChI is InChI=1S/C19H29N3O5S/c1-14(2)10-11-20-18(23)19(24)21-13-15-5-4-12-22(15)28(25,26)17-8-6-16(27-3)7-9-17/h6-9,14-15H,4-5,10-13H2,1-3H3,(H,20,23)(H,21,24)/t15-/m0/s1. The molecule has 156 valence electrons. The van der Waals surface area contributed by atoms with E-state index in [9.17, 15) is 18.0 Å². The minimum atomic E-state index is -3.68. The molecule has 0 aliphatic carbocycles. The zero-order chi connectivity index (χ0) is 20.7. The van der Waals surface area contributed by atoms with Crippen molar-refractivity contribution >= 4 is 21.8 Å². The molecule has 9 heteroatoms. The number of hydrogen-bond acceptors (Lipinski definition) is 5. The smallest absolute Gasteiger partial charge is 0.309 e. The van der Waals surface area contributed by atoms with Crippen LogP contribution in [0.1, 0.15) is 33.1 Å². The number of nitrogens with one attached hydrogen (secondary N) is 2. The van der Waals surface area contributed by atoms with Crippen LogP contribution in [0, 0.1) is 5.92 Å². The first kappa shape index (κ1) is 22.2. The number of rotatable bonds is 8. The fourth-order valence-electron chi connectivity index (χ4n) is 3.06. The van der Waals surface area contributed by atoms with E-state index in [4.69, 9.17) is 4.74 Å². The van der Waals surface area contributed by atoms with Crippen molar-refractivity contribution in [3.63, 3.8) is 0 Å². The van der Waals surface area contributed by atoms with Crippen LogP contribution in [0.4, 0.5) is 0 Å². The molecule has 2 rings (SSSR count). The van der Waals surface area contributed by atoms with Gasteiger partial charge in [0.25, 0.3) is 0 Å². The molecule has 1 aliphatic rings. The van der Waals surface area contributed by atoms with E-state index in [2.05, 4.69) is 10.6 Å². The van der Waals surface area contributed by atoms with E-state index in [1.807, 2.05) is 13.8 Å². The zero-order valence-corrected chi connectivity index (χ0v) is 17.4. The fourth-order valence-corrected chi connectivity index (χ4v) is 4.75. The summed E-state index contributed by atoms with van der Waals surface area (Å²) in [7, 11) is -2.16. The Bertz CT molecular complexity index is 777. The molecule has 0 unspecified atom stereocenters. The van der Waals surface area contributed by atoms with Gasteiger partial charge in [0, 0.05) is 25.7 Å². The van der Waals surface area contributed by atoms with Crippen LogP contribution in [0.2, 0.25) is 0 Å². The summed E-state index contributed by atoms with van der Waals surface area (Å²) in [5.41, 5.74) is 0. The van der Waals surface area contributed by atoms with Gasteiger partial charge in [0.2, 0.25) is 10.0 Å². The lowest BCUT2D eigenvalue weighted by Crippen LogP contribution is -2.47. The molecule has 1 atom stereocenters. The van der Waals surface area contributed by atoms with Crippen LogP contribution in [0.25, 0.3) is 0 Å². The third kappa shape index (κ3) is 5.68.